The maximum Gasteiger partial charge on any atom is 0.410 e. The van der Waals surface area contributed by atoms with Crippen LogP contribution < -0.4 is 0 Å². The van der Waals surface area contributed by atoms with Crippen LogP contribution in [0.1, 0.15) is 46.5 Å². The van der Waals surface area contributed by atoms with E-state index in [2.05, 4.69) is 20.8 Å². The highest BCUT2D eigenvalue weighted by molar-refractivity contribution is 5.68. The van der Waals surface area contributed by atoms with Gasteiger partial charge in [0.1, 0.15) is 5.60 Å². The Hall–Kier alpha value is -1.94. The molecule has 0 N–H and O–H groups in total. The Balaban J connectivity index is 2.19. The molecule has 152 valence electrons. The van der Waals surface area contributed by atoms with Gasteiger partial charge in [0, 0.05) is 43.6 Å². The SMILES string of the molecule is C#CCCN(CCOCCCN1CCC(N=[N+]=[N-])CC1)C(=O)OC(C)(C)C. The molecule has 0 aromatic carbocycles. The van der Waals surface area contributed by atoms with E-state index in [0.717, 1.165) is 38.9 Å². The minimum Gasteiger partial charge on any atom is -0.444 e. The molecule has 0 bridgehead atoms. The molecule has 0 aliphatic carbocycles. The first kappa shape index (κ1) is 23.1. The van der Waals surface area contributed by atoms with Crippen LogP contribution in [0.25, 0.3) is 10.4 Å². The summed E-state index contributed by atoms with van der Waals surface area (Å²) in [6, 6.07) is 0.143. The second-order valence-electron chi connectivity index (χ2n) is 7.67. The highest BCUT2D eigenvalue weighted by Crippen LogP contribution is 2.14. The van der Waals surface area contributed by atoms with Gasteiger partial charge < -0.3 is 19.3 Å². The maximum atomic E-state index is 12.2. The quantitative estimate of drug-likeness (QED) is 0.191. The molecule has 0 aromatic rings. The molecular formula is C19H33N5O3. The lowest BCUT2D eigenvalue weighted by atomic mass is 10.1. The number of piperidine rings is 1. The molecule has 8 heteroatoms. The molecule has 0 saturated carbocycles. The smallest absolute Gasteiger partial charge is 0.410 e. The molecule has 0 radical (unpaired) electrons. The average molecular weight is 380 g/mol. The highest BCUT2D eigenvalue weighted by atomic mass is 16.6. The Labute approximate surface area is 162 Å². The molecule has 1 saturated heterocycles. The van der Waals surface area contributed by atoms with Crippen LogP contribution in [0.2, 0.25) is 0 Å². The molecule has 1 amide bonds. The van der Waals surface area contributed by atoms with Gasteiger partial charge in [-0.2, -0.15) is 0 Å². The van der Waals surface area contributed by atoms with Gasteiger partial charge in [0.05, 0.1) is 6.61 Å². The number of amides is 1. The summed E-state index contributed by atoms with van der Waals surface area (Å²) in [5.41, 5.74) is 7.94. The van der Waals surface area contributed by atoms with E-state index in [1.54, 1.807) is 4.90 Å². The number of carbonyl (C=O) groups excluding carboxylic acids is 1. The number of likely N-dealkylation sites (tertiary alicyclic amines) is 1. The predicted molar refractivity (Wildman–Crippen MR) is 105 cm³/mol. The fourth-order valence-electron chi connectivity index (χ4n) is 2.82. The highest BCUT2D eigenvalue weighted by Gasteiger charge is 2.21. The first-order chi connectivity index (χ1) is 12.9. The lowest BCUT2D eigenvalue weighted by molar-refractivity contribution is 0.0175. The molecule has 1 heterocycles. The fourth-order valence-corrected chi connectivity index (χ4v) is 2.82. The van der Waals surface area contributed by atoms with Crippen molar-refractivity contribution >= 4 is 6.09 Å². The van der Waals surface area contributed by atoms with Crippen LogP contribution in [0.3, 0.4) is 0 Å². The molecule has 0 spiro atoms. The van der Waals surface area contributed by atoms with Crippen LogP contribution in [0.4, 0.5) is 4.79 Å². The van der Waals surface area contributed by atoms with Crippen LogP contribution >= 0.6 is 0 Å². The molecule has 1 aliphatic heterocycles. The second kappa shape index (κ2) is 12.4. The topological polar surface area (TPSA) is 90.8 Å². The number of hydrogen-bond acceptors (Lipinski definition) is 5. The number of terminal acetylenes is 1. The molecule has 1 rings (SSSR count). The number of rotatable bonds is 10. The zero-order valence-corrected chi connectivity index (χ0v) is 16.9. The molecule has 0 atom stereocenters. The minimum atomic E-state index is -0.529. The van der Waals surface area contributed by atoms with Gasteiger partial charge >= 0.3 is 6.09 Å². The molecule has 0 aromatic heterocycles. The van der Waals surface area contributed by atoms with E-state index in [1.807, 2.05) is 20.8 Å². The van der Waals surface area contributed by atoms with Gasteiger partial charge in [-0.3, -0.25) is 0 Å². The van der Waals surface area contributed by atoms with Crippen LogP contribution in [-0.4, -0.2) is 73.5 Å². The fraction of sp³-hybridized carbons (Fsp3) is 0.842. The van der Waals surface area contributed by atoms with Crippen molar-refractivity contribution in [3.8, 4) is 12.3 Å². The van der Waals surface area contributed by atoms with Crippen LogP contribution in [0.15, 0.2) is 5.11 Å². The van der Waals surface area contributed by atoms with Gasteiger partial charge in [0.25, 0.3) is 0 Å². The van der Waals surface area contributed by atoms with Crippen LogP contribution in [0, 0.1) is 12.3 Å². The standard InChI is InChI=1S/C19H33N5O3/c1-5-6-11-24(18(25)27-19(2,3)4)14-16-26-15-7-10-23-12-8-17(9-13-23)21-22-20/h1,17H,6-16H2,2-4H3. The third kappa shape index (κ3) is 10.7. The molecular weight excluding hydrogens is 346 g/mol. The first-order valence-electron chi connectivity index (χ1n) is 9.61. The summed E-state index contributed by atoms with van der Waals surface area (Å²) in [6.07, 6.45) is 8.22. The van der Waals surface area contributed by atoms with Crippen molar-refractivity contribution in [3.05, 3.63) is 10.4 Å². The Bertz CT molecular complexity index is 526. The summed E-state index contributed by atoms with van der Waals surface area (Å²) >= 11 is 0. The summed E-state index contributed by atoms with van der Waals surface area (Å²) in [6.45, 7) is 10.5. The van der Waals surface area contributed by atoms with E-state index in [1.165, 1.54) is 0 Å². The van der Waals surface area contributed by atoms with E-state index in [4.69, 9.17) is 21.4 Å². The molecule has 27 heavy (non-hydrogen) atoms. The number of ether oxygens (including phenoxy) is 2. The van der Waals surface area contributed by atoms with Crippen molar-refractivity contribution in [1.29, 1.82) is 0 Å². The zero-order valence-electron chi connectivity index (χ0n) is 16.9. The largest absolute Gasteiger partial charge is 0.444 e. The third-order valence-corrected chi connectivity index (χ3v) is 4.22. The molecule has 1 aliphatic rings. The second-order valence-corrected chi connectivity index (χ2v) is 7.67. The van der Waals surface area contributed by atoms with Gasteiger partial charge in [0.15, 0.2) is 0 Å². The predicted octanol–water partition coefficient (Wildman–Crippen LogP) is 3.43. The van der Waals surface area contributed by atoms with Gasteiger partial charge in [-0.05, 0) is 58.7 Å². The van der Waals surface area contributed by atoms with Crippen molar-refractivity contribution in [2.75, 3.05) is 45.9 Å². The van der Waals surface area contributed by atoms with Gasteiger partial charge in [-0.25, -0.2) is 4.79 Å². The number of azide groups is 1. The molecule has 1 fully saturated rings. The van der Waals surface area contributed by atoms with E-state index in [9.17, 15) is 4.79 Å². The zero-order chi connectivity index (χ0) is 20.1. The van der Waals surface area contributed by atoms with Gasteiger partial charge in [-0.15, -0.1) is 12.3 Å². The summed E-state index contributed by atoms with van der Waals surface area (Å²) in [5.74, 6) is 2.55. The van der Waals surface area contributed by atoms with E-state index < -0.39 is 5.60 Å². The Morgan fingerprint density at radius 3 is 2.63 bits per heavy atom. The molecule has 0 unspecified atom stereocenters. The Morgan fingerprint density at radius 2 is 2.04 bits per heavy atom. The van der Waals surface area contributed by atoms with Gasteiger partial charge in [0.2, 0.25) is 0 Å². The third-order valence-electron chi connectivity index (χ3n) is 4.22. The number of nitrogens with zero attached hydrogens (tertiary/aromatic N) is 5. The lowest BCUT2D eigenvalue weighted by Gasteiger charge is -2.29. The first-order valence-corrected chi connectivity index (χ1v) is 9.61. The molecule has 8 nitrogen and oxygen atoms in total. The normalized spacial score (nSPS) is 15.6. The number of hydrogen-bond donors (Lipinski definition) is 0. The van der Waals surface area contributed by atoms with Crippen molar-refractivity contribution in [3.63, 3.8) is 0 Å². The van der Waals surface area contributed by atoms with Crippen LogP contribution in [0.5, 0.6) is 0 Å². The lowest BCUT2D eigenvalue weighted by Crippen LogP contribution is -2.39. The van der Waals surface area contributed by atoms with E-state index >= 15 is 0 Å². The maximum absolute atomic E-state index is 12.2. The summed E-state index contributed by atoms with van der Waals surface area (Å²) in [4.78, 5) is 19.1. The number of carbonyl (C=O) groups is 1. The summed E-state index contributed by atoms with van der Waals surface area (Å²) in [7, 11) is 0. The monoisotopic (exact) mass is 379 g/mol. The van der Waals surface area contributed by atoms with E-state index in [-0.39, 0.29) is 12.1 Å². The van der Waals surface area contributed by atoms with Crippen molar-refractivity contribution < 1.29 is 14.3 Å². The van der Waals surface area contributed by atoms with Gasteiger partial charge in [-0.1, -0.05) is 5.11 Å². The van der Waals surface area contributed by atoms with Crippen molar-refractivity contribution in [2.24, 2.45) is 5.11 Å². The Morgan fingerprint density at radius 1 is 1.33 bits per heavy atom. The van der Waals surface area contributed by atoms with Crippen molar-refractivity contribution in [1.82, 2.24) is 9.80 Å². The van der Waals surface area contributed by atoms with Crippen LogP contribution in [-0.2, 0) is 9.47 Å². The summed E-state index contributed by atoms with van der Waals surface area (Å²) in [5, 5.41) is 3.79. The van der Waals surface area contributed by atoms with E-state index in [0.29, 0.717) is 32.7 Å². The van der Waals surface area contributed by atoms with Crippen molar-refractivity contribution in [2.45, 2.75) is 58.1 Å². The Kier molecular flexibility index (Phi) is 10.6. The minimum absolute atomic E-state index is 0.143. The summed E-state index contributed by atoms with van der Waals surface area (Å²) < 4.78 is 11.1. The average Bonchev–Trinajstić information content (AvgIpc) is 2.60.